The summed E-state index contributed by atoms with van der Waals surface area (Å²) in [6.07, 6.45) is 1.29. The van der Waals surface area contributed by atoms with Gasteiger partial charge in [-0.05, 0) is 12.1 Å². The first-order valence-electron chi connectivity index (χ1n) is 6.77. The van der Waals surface area contributed by atoms with Crippen LogP contribution in [0.25, 0.3) is 0 Å². The van der Waals surface area contributed by atoms with E-state index in [0.717, 1.165) is 37.6 Å². The highest BCUT2D eigenvalue weighted by Crippen LogP contribution is 2.28. The van der Waals surface area contributed by atoms with Crippen molar-refractivity contribution < 1.29 is 13.2 Å². The lowest BCUT2D eigenvalue weighted by molar-refractivity contribution is 0.271. The van der Waals surface area contributed by atoms with E-state index in [0.29, 0.717) is 6.54 Å². The molecule has 0 bridgehead atoms. The minimum atomic E-state index is -2.88. The third kappa shape index (κ3) is 4.11. The van der Waals surface area contributed by atoms with Crippen LogP contribution in [0.3, 0.4) is 0 Å². The highest BCUT2D eigenvalue weighted by molar-refractivity contribution is 7.90. The van der Waals surface area contributed by atoms with Crippen molar-refractivity contribution in [1.82, 2.24) is 4.90 Å². The van der Waals surface area contributed by atoms with Crippen LogP contribution in [0.5, 0.6) is 5.75 Å². The van der Waals surface area contributed by atoms with E-state index in [1.165, 1.54) is 6.26 Å². The molecule has 0 atom stereocenters. The van der Waals surface area contributed by atoms with Crippen LogP contribution in [0, 0.1) is 0 Å². The summed E-state index contributed by atoms with van der Waals surface area (Å²) in [5, 5.41) is 0. The number of benzene rings is 1. The molecule has 2 rings (SSSR count). The van der Waals surface area contributed by atoms with Gasteiger partial charge in [-0.1, -0.05) is 12.1 Å². The van der Waals surface area contributed by atoms with Crippen molar-refractivity contribution >= 4 is 15.5 Å². The van der Waals surface area contributed by atoms with Gasteiger partial charge >= 0.3 is 0 Å². The number of ether oxygens (including phenoxy) is 1. The fraction of sp³-hybridized carbons (Fsp3) is 0.571. The second-order valence-corrected chi connectivity index (χ2v) is 7.39. The van der Waals surface area contributed by atoms with Gasteiger partial charge in [0.05, 0.1) is 18.6 Å². The number of piperazine rings is 1. The number of para-hydroxylation sites is 2. The van der Waals surface area contributed by atoms with Crippen molar-refractivity contribution in [2.24, 2.45) is 0 Å². The monoisotopic (exact) mass is 298 g/mol. The quantitative estimate of drug-likeness (QED) is 0.807. The molecule has 112 valence electrons. The standard InChI is InChI=1S/C14H22N2O3S/c1-19-14-6-4-3-5-13(14)16-9-7-15(8-10-16)11-12-20(2,17)18/h3-6H,7-12H2,1-2H3. The van der Waals surface area contributed by atoms with Gasteiger partial charge in [-0.15, -0.1) is 0 Å². The van der Waals surface area contributed by atoms with Crippen LogP contribution in [0.2, 0.25) is 0 Å². The van der Waals surface area contributed by atoms with E-state index in [1.54, 1.807) is 7.11 Å². The number of rotatable bonds is 5. The smallest absolute Gasteiger partial charge is 0.148 e. The highest BCUT2D eigenvalue weighted by Gasteiger charge is 2.20. The number of anilines is 1. The van der Waals surface area contributed by atoms with Crippen LogP contribution >= 0.6 is 0 Å². The molecule has 1 aliphatic heterocycles. The Kier molecular flexibility index (Phi) is 4.88. The number of sulfone groups is 1. The topological polar surface area (TPSA) is 49.9 Å². The minimum absolute atomic E-state index is 0.238. The molecule has 0 N–H and O–H groups in total. The minimum Gasteiger partial charge on any atom is -0.495 e. The maximum Gasteiger partial charge on any atom is 0.148 e. The zero-order valence-electron chi connectivity index (χ0n) is 12.1. The molecule has 1 aromatic carbocycles. The number of hydrogen-bond acceptors (Lipinski definition) is 5. The Labute approximate surface area is 121 Å². The first-order valence-corrected chi connectivity index (χ1v) is 8.84. The normalized spacial score (nSPS) is 17.2. The van der Waals surface area contributed by atoms with Gasteiger partial charge in [0, 0.05) is 39.0 Å². The van der Waals surface area contributed by atoms with Gasteiger partial charge in [0.25, 0.3) is 0 Å². The summed E-state index contributed by atoms with van der Waals surface area (Å²) in [4.78, 5) is 4.49. The van der Waals surface area contributed by atoms with E-state index < -0.39 is 9.84 Å². The highest BCUT2D eigenvalue weighted by atomic mass is 32.2. The van der Waals surface area contributed by atoms with Crippen LogP contribution in [0.4, 0.5) is 5.69 Å². The van der Waals surface area contributed by atoms with Crippen molar-refractivity contribution in [2.45, 2.75) is 0 Å². The molecule has 0 saturated carbocycles. The summed E-state index contributed by atoms with van der Waals surface area (Å²) < 4.78 is 27.8. The summed E-state index contributed by atoms with van der Waals surface area (Å²) in [5.74, 6) is 1.12. The Morgan fingerprint density at radius 1 is 1.15 bits per heavy atom. The van der Waals surface area contributed by atoms with Crippen molar-refractivity contribution in [1.29, 1.82) is 0 Å². The molecule has 1 fully saturated rings. The first kappa shape index (κ1) is 15.1. The molecule has 5 nitrogen and oxygen atoms in total. The average Bonchev–Trinajstić information content (AvgIpc) is 2.45. The summed E-state index contributed by atoms with van der Waals surface area (Å²) in [6.45, 7) is 4.17. The second-order valence-electron chi connectivity index (χ2n) is 5.13. The zero-order chi connectivity index (χ0) is 14.6. The molecule has 0 amide bonds. The van der Waals surface area contributed by atoms with Gasteiger partial charge in [0.2, 0.25) is 0 Å². The molecule has 1 aliphatic rings. The molecule has 1 aromatic rings. The van der Waals surface area contributed by atoms with Gasteiger partial charge in [0.15, 0.2) is 0 Å². The van der Waals surface area contributed by atoms with E-state index in [1.807, 2.05) is 18.2 Å². The predicted molar refractivity (Wildman–Crippen MR) is 81.4 cm³/mol. The molecule has 0 spiro atoms. The largest absolute Gasteiger partial charge is 0.495 e. The van der Waals surface area contributed by atoms with E-state index in [4.69, 9.17) is 4.74 Å². The molecule has 0 radical (unpaired) electrons. The molecule has 0 aromatic heterocycles. The van der Waals surface area contributed by atoms with Crippen molar-refractivity contribution in [3.05, 3.63) is 24.3 Å². The Balaban J connectivity index is 1.91. The van der Waals surface area contributed by atoms with Crippen LogP contribution < -0.4 is 9.64 Å². The van der Waals surface area contributed by atoms with E-state index >= 15 is 0 Å². The zero-order valence-corrected chi connectivity index (χ0v) is 12.9. The average molecular weight is 298 g/mol. The maximum atomic E-state index is 11.2. The molecule has 1 heterocycles. The van der Waals surface area contributed by atoms with Crippen molar-refractivity contribution in [2.75, 3.05) is 56.7 Å². The maximum absolute atomic E-state index is 11.2. The summed E-state index contributed by atoms with van der Waals surface area (Å²) >= 11 is 0. The SMILES string of the molecule is COc1ccccc1N1CCN(CCS(C)(=O)=O)CC1. The summed E-state index contributed by atoms with van der Waals surface area (Å²) in [7, 11) is -1.19. The Morgan fingerprint density at radius 3 is 2.40 bits per heavy atom. The van der Waals surface area contributed by atoms with Crippen molar-refractivity contribution in [3.8, 4) is 5.75 Å². The van der Waals surface area contributed by atoms with E-state index in [9.17, 15) is 8.42 Å². The summed E-state index contributed by atoms with van der Waals surface area (Å²) in [5.41, 5.74) is 1.11. The second kappa shape index (κ2) is 6.45. The third-order valence-corrected chi connectivity index (χ3v) is 4.50. The Bertz CT molecular complexity index is 537. The Hall–Kier alpha value is -1.27. The molecular formula is C14H22N2O3S. The van der Waals surface area contributed by atoms with Gasteiger partial charge in [-0.25, -0.2) is 8.42 Å². The van der Waals surface area contributed by atoms with Gasteiger partial charge in [0.1, 0.15) is 15.6 Å². The fourth-order valence-corrected chi connectivity index (χ4v) is 2.99. The van der Waals surface area contributed by atoms with Crippen LogP contribution in [0.15, 0.2) is 24.3 Å². The molecule has 20 heavy (non-hydrogen) atoms. The van der Waals surface area contributed by atoms with Gasteiger partial charge in [-0.3, -0.25) is 4.90 Å². The molecule has 0 unspecified atom stereocenters. The predicted octanol–water partition coefficient (Wildman–Crippen LogP) is 0.862. The third-order valence-electron chi connectivity index (χ3n) is 3.58. The number of methoxy groups -OCH3 is 1. The lowest BCUT2D eigenvalue weighted by Gasteiger charge is -2.36. The van der Waals surface area contributed by atoms with Gasteiger partial charge in [-0.2, -0.15) is 0 Å². The van der Waals surface area contributed by atoms with Crippen LogP contribution in [-0.2, 0) is 9.84 Å². The molecule has 6 heteroatoms. The molecular weight excluding hydrogens is 276 g/mol. The molecule has 1 saturated heterocycles. The first-order chi connectivity index (χ1) is 9.49. The Morgan fingerprint density at radius 2 is 1.80 bits per heavy atom. The summed E-state index contributed by atoms with van der Waals surface area (Å²) in [6, 6.07) is 7.99. The number of nitrogens with zero attached hydrogens (tertiary/aromatic N) is 2. The van der Waals surface area contributed by atoms with E-state index in [-0.39, 0.29) is 5.75 Å². The van der Waals surface area contributed by atoms with Crippen molar-refractivity contribution in [3.63, 3.8) is 0 Å². The fourth-order valence-electron chi connectivity index (χ4n) is 2.40. The van der Waals surface area contributed by atoms with E-state index in [2.05, 4.69) is 15.9 Å². The van der Waals surface area contributed by atoms with Gasteiger partial charge < -0.3 is 9.64 Å². The molecule has 0 aliphatic carbocycles. The van der Waals surface area contributed by atoms with Crippen LogP contribution in [0.1, 0.15) is 0 Å². The van der Waals surface area contributed by atoms with Crippen LogP contribution in [-0.4, -0.2) is 65.2 Å². The lowest BCUT2D eigenvalue weighted by atomic mass is 10.2. The number of hydrogen-bond donors (Lipinski definition) is 0. The lowest BCUT2D eigenvalue weighted by Crippen LogP contribution is -2.47.